The van der Waals surface area contributed by atoms with Crippen LogP contribution in [0.25, 0.3) is 0 Å². The van der Waals surface area contributed by atoms with Gasteiger partial charge in [0.25, 0.3) is 0 Å². The Labute approximate surface area is 108 Å². The molecule has 0 aliphatic heterocycles. The lowest BCUT2D eigenvalue weighted by Crippen LogP contribution is -2.63. The number of hydrogen-bond donors (Lipinski definition) is 1. The number of carboxylic acids is 1. The number of rotatable bonds is 7. The summed E-state index contributed by atoms with van der Waals surface area (Å²) in [5.41, 5.74) is 0. The van der Waals surface area contributed by atoms with Crippen LogP contribution in [0.4, 0.5) is 0 Å². The minimum Gasteiger partial charge on any atom is -0.481 e. The number of carbonyl (C=O) groups is 1. The SMILES string of the molecule is C=CCC(CC(=O)O)N([Si](C)(C)C)[Si](C)(C)C. The second-order valence-electron chi connectivity index (χ2n) is 6.49. The molecule has 1 atom stereocenters. The largest absolute Gasteiger partial charge is 0.481 e. The van der Waals surface area contributed by atoms with Crippen LogP contribution in [-0.2, 0) is 4.79 Å². The molecule has 1 N–H and O–H groups in total. The zero-order chi connectivity index (χ0) is 13.9. The van der Waals surface area contributed by atoms with Gasteiger partial charge in [0.1, 0.15) is 16.5 Å². The van der Waals surface area contributed by atoms with Gasteiger partial charge in [-0.3, -0.25) is 4.79 Å². The first-order valence-electron chi connectivity index (χ1n) is 6.12. The van der Waals surface area contributed by atoms with Gasteiger partial charge in [-0.2, -0.15) is 0 Å². The maximum absolute atomic E-state index is 11.0. The molecule has 0 spiro atoms. The summed E-state index contributed by atoms with van der Waals surface area (Å²) in [6.07, 6.45) is 2.84. The van der Waals surface area contributed by atoms with E-state index in [2.05, 4.69) is 50.1 Å². The predicted octanol–water partition coefficient (Wildman–Crippen LogP) is 3.38. The van der Waals surface area contributed by atoms with Crippen LogP contribution in [0.2, 0.25) is 39.3 Å². The van der Waals surface area contributed by atoms with Crippen molar-refractivity contribution in [2.45, 2.75) is 58.2 Å². The Morgan fingerprint density at radius 2 is 1.65 bits per heavy atom. The fourth-order valence-electron chi connectivity index (χ4n) is 2.78. The van der Waals surface area contributed by atoms with E-state index in [1.807, 2.05) is 6.08 Å². The van der Waals surface area contributed by atoms with E-state index in [-0.39, 0.29) is 12.5 Å². The van der Waals surface area contributed by atoms with E-state index in [0.717, 1.165) is 6.42 Å². The van der Waals surface area contributed by atoms with Gasteiger partial charge in [0.15, 0.2) is 0 Å². The summed E-state index contributed by atoms with van der Waals surface area (Å²) in [6, 6.07) is 0.114. The van der Waals surface area contributed by atoms with Gasteiger partial charge >= 0.3 is 5.97 Å². The predicted molar refractivity (Wildman–Crippen MR) is 79.4 cm³/mol. The van der Waals surface area contributed by atoms with Gasteiger partial charge in [0, 0.05) is 6.04 Å². The lowest BCUT2D eigenvalue weighted by molar-refractivity contribution is -0.137. The first-order valence-corrected chi connectivity index (χ1v) is 13.0. The molecule has 5 heteroatoms. The van der Waals surface area contributed by atoms with Crippen molar-refractivity contribution in [2.24, 2.45) is 0 Å². The van der Waals surface area contributed by atoms with Gasteiger partial charge < -0.3 is 9.34 Å². The summed E-state index contributed by atoms with van der Waals surface area (Å²) < 4.78 is 2.55. The minimum absolute atomic E-state index is 0.114. The standard InChI is InChI=1S/C12H27NO2Si2/c1-8-9-11(10-12(14)15)13(16(2,3)4)17(5,6)7/h8,11H,1,9-10H2,2-7H3,(H,14,15). The van der Waals surface area contributed by atoms with Crippen molar-refractivity contribution in [1.29, 1.82) is 0 Å². The molecule has 0 aromatic carbocycles. The maximum atomic E-state index is 11.0. The highest BCUT2D eigenvalue weighted by atomic mass is 28.4. The van der Waals surface area contributed by atoms with Gasteiger partial charge in [-0.15, -0.1) is 6.58 Å². The van der Waals surface area contributed by atoms with Crippen molar-refractivity contribution >= 4 is 22.4 Å². The van der Waals surface area contributed by atoms with E-state index < -0.39 is 22.4 Å². The second-order valence-corrected chi connectivity index (χ2v) is 16.6. The van der Waals surface area contributed by atoms with Crippen molar-refractivity contribution < 1.29 is 9.90 Å². The molecule has 1 unspecified atom stereocenters. The molecular formula is C12H27NO2Si2. The summed E-state index contributed by atoms with van der Waals surface area (Å²) in [6.45, 7) is 17.5. The molecule has 0 bridgehead atoms. The Kier molecular flexibility index (Phi) is 5.83. The Bertz CT molecular complexity index is 265. The zero-order valence-corrected chi connectivity index (χ0v) is 14.1. The molecule has 0 aliphatic rings. The number of hydrogen-bond acceptors (Lipinski definition) is 2. The average molecular weight is 274 g/mol. The van der Waals surface area contributed by atoms with Crippen LogP contribution in [0.5, 0.6) is 0 Å². The molecule has 0 amide bonds. The van der Waals surface area contributed by atoms with Crippen LogP contribution in [-0.4, -0.2) is 37.8 Å². The Morgan fingerprint density at radius 3 is 1.88 bits per heavy atom. The fourth-order valence-corrected chi connectivity index (χ4v) is 13.4. The normalized spacial score (nSPS) is 14.8. The molecule has 0 heterocycles. The molecule has 100 valence electrons. The molecule has 0 aromatic rings. The topological polar surface area (TPSA) is 40.5 Å². The van der Waals surface area contributed by atoms with E-state index >= 15 is 0 Å². The van der Waals surface area contributed by atoms with Crippen molar-refractivity contribution in [3.63, 3.8) is 0 Å². The maximum Gasteiger partial charge on any atom is 0.304 e. The van der Waals surface area contributed by atoms with Gasteiger partial charge in [0.05, 0.1) is 6.42 Å². The van der Waals surface area contributed by atoms with Crippen LogP contribution >= 0.6 is 0 Å². The highest BCUT2D eigenvalue weighted by molar-refractivity contribution is 6.89. The van der Waals surface area contributed by atoms with Crippen LogP contribution in [0, 0.1) is 0 Å². The van der Waals surface area contributed by atoms with Crippen LogP contribution in [0.15, 0.2) is 12.7 Å². The number of aliphatic carboxylic acids is 1. The van der Waals surface area contributed by atoms with E-state index in [1.165, 1.54) is 0 Å². The summed E-state index contributed by atoms with van der Waals surface area (Å²) in [5, 5.41) is 9.06. The van der Waals surface area contributed by atoms with Crippen LogP contribution in [0.3, 0.4) is 0 Å². The van der Waals surface area contributed by atoms with E-state index in [0.29, 0.717) is 0 Å². The monoisotopic (exact) mass is 273 g/mol. The van der Waals surface area contributed by atoms with E-state index in [4.69, 9.17) is 5.11 Å². The minimum atomic E-state index is -1.51. The third-order valence-corrected chi connectivity index (χ3v) is 10.3. The summed E-state index contributed by atoms with van der Waals surface area (Å²) >= 11 is 0. The smallest absolute Gasteiger partial charge is 0.304 e. The summed E-state index contributed by atoms with van der Waals surface area (Å²) in [7, 11) is -3.01. The molecule has 17 heavy (non-hydrogen) atoms. The molecule has 0 aliphatic carbocycles. The lowest BCUT2D eigenvalue weighted by atomic mass is 10.1. The molecule has 0 fully saturated rings. The molecule has 3 nitrogen and oxygen atoms in total. The molecule has 0 saturated carbocycles. The second kappa shape index (κ2) is 5.97. The third-order valence-electron chi connectivity index (χ3n) is 2.66. The third kappa shape index (κ3) is 5.65. The Hall–Kier alpha value is -0.396. The van der Waals surface area contributed by atoms with Gasteiger partial charge in [0.2, 0.25) is 0 Å². The highest BCUT2D eigenvalue weighted by Gasteiger charge is 2.39. The van der Waals surface area contributed by atoms with Gasteiger partial charge in [-0.1, -0.05) is 45.4 Å². The summed E-state index contributed by atoms with van der Waals surface area (Å²) in [5.74, 6) is -0.710. The zero-order valence-electron chi connectivity index (χ0n) is 12.1. The number of nitrogens with zero attached hydrogens (tertiary/aromatic N) is 1. The van der Waals surface area contributed by atoms with E-state index in [1.54, 1.807) is 0 Å². The van der Waals surface area contributed by atoms with Gasteiger partial charge in [-0.05, 0) is 6.42 Å². The summed E-state index contributed by atoms with van der Waals surface area (Å²) in [4.78, 5) is 11.0. The highest BCUT2D eigenvalue weighted by Crippen LogP contribution is 2.26. The fraction of sp³-hybridized carbons (Fsp3) is 0.750. The quantitative estimate of drug-likeness (QED) is 0.571. The first kappa shape index (κ1) is 16.6. The van der Waals surface area contributed by atoms with Crippen LogP contribution in [0.1, 0.15) is 12.8 Å². The van der Waals surface area contributed by atoms with E-state index in [9.17, 15) is 4.79 Å². The van der Waals surface area contributed by atoms with Crippen LogP contribution < -0.4 is 0 Å². The average Bonchev–Trinajstić information content (AvgIpc) is 1.96. The molecule has 0 radical (unpaired) electrons. The van der Waals surface area contributed by atoms with Crippen molar-refractivity contribution in [2.75, 3.05) is 0 Å². The number of carboxylic acid groups (broad SMARTS) is 1. The molecule has 0 rings (SSSR count). The Morgan fingerprint density at radius 1 is 1.24 bits per heavy atom. The van der Waals surface area contributed by atoms with Crippen molar-refractivity contribution in [3.05, 3.63) is 12.7 Å². The van der Waals surface area contributed by atoms with Crippen molar-refractivity contribution in [1.82, 2.24) is 4.23 Å². The van der Waals surface area contributed by atoms with Gasteiger partial charge in [-0.25, -0.2) is 0 Å². The Balaban J connectivity index is 5.22. The lowest BCUT2D eigenvalue weighted by Gasteiger charge is -2.48. The first-order chi connectivity index (χ1) is 7.50. The molecule has 0 saturated heterocycles. The molecule has 0 aromatic heterocycles. The van der Waals surface area contributed by atoms with Crippen molar-refractivity contribution in [3.8, 4) is 0 Å². The molecular weight excluding hydrogens is 246 g/mol.